The van der Waals surface area contributed by atoms with Gasteiger partial charge in [-0.15, -0.1) is 0 Å². The van der Waals surface area contributed by atoms with Crippen LogP contribution in [0.1, 0.15) is 19.4 Å². The number of hydrogen-bond acceptors (Lipinski definition) is 4. The number of carbonyl (C=O) groups is 3. The quantitative estimate of drug-likeness (QED) is 0.504. The first-order valence-electron chi connectivity index (χ1n) is 9.58. The van der Waals surface area contributed by atoms with Crippen LogP contribution in [0.5, 0.6) is 5.75 Å². The van der Waals surface area contributed by atoms with Gasteiger partial charge in [-0.2, -0.15) is 0 Å². The number of anilines is 1. The molecule has 30 heavy (non-hydrogen) atoms. The molecule has 0 aliphatic rings. The summed E-state index contributed by atoms with van der Waals surface area (Å²) in [5.41, 5.74) is 1.32. The van der Waals surface area contributed by atoms with Crippen LogP contribution in [0.15, 0.2) is 54.6 Å². The monoisotopic (exact) mass is 413 g/mol. The van der Waals surface area contributed by atoms with Crippen molar-refractivity contribution in [2.75, 3.05) is 12.4 Å². The van der Waals surface area contributed by atoms with Crippen LogP contribution in [0.4, 0.5) is 10.5 Å². The summed E-state index contributed by atoms with van der Waals surface area (Å²) in [4.78, 5) is 36.7. The SMILES string of the molecule is COc1ccc(NC(=O)N[C@H](C(=O)N[C@@H](Cc2ccccc2)C(=O)O)C(C)C)cc1. The van der Waals surface area contributed by atoms with E-state index in [1.54, 1.807) is 69.5 Å². The molecule has 0 bridgehead atoms. The van der Waals surface area contributed by atoms with Crippen molar-refractivity contribution >= 4 is 23.6 Å². The third-order valence-electron chi connectivity index (χ3n) is 4.48. The Bertz CT molecular complexity index is 853. The first kappa shape index (κ1) is 22.7. The molecule has 0 radical (unpaired) electrons. The van der Waals surface area contributed by atoms with Gasteiger partial charge in [0.05, 0.1) is 7.11 Å². The van der Waals surface area contributed by atoms with E-state index in [1.165, 1.54) is 0 Å². The predicted octanol–water partition coefficient (Wildman–Crippen LogP) is 2.65. The van der Waals surface area contributed by atoms with Gasteiger partial charge < -0.3 is 25.8 Å². The molecular weight excluding hydrogens is 386 g/mol. The Hall–Kier alpha value is -3.55. The fourth-order valence-corrected chi connectivity index (χ4v) is 2.83. The summed E-state index contributed by atoms with van der Waals surface area (Å²) in [6.45, 7) is 3.54. The first-order valence-corrected chi connectivity index (χ1v) is 9.58. The Labute approximate surface area is 175 Å². The molecule has 0 unspecified atom stereocenters. The molecule has 2 rings (SSSR count). The maximum Gasteiger partial charge on any atom is 0.326 e. The summed E-state index contributed by atoms with van der Waals surface area (Å²) in [7, 11) is 1.54. The zero-order valence-corrected chi connectivity index (χ0v) is 17.2. The third-order valence-corrected chi connectivity index (χ3v) is 4.48. The van der Waals surface area contributed by atoms with E-state index >= 15 is 0 Å². The van der Waals surface area contributed by atoms with E-state index in [-0.39, 0.29) is 12.3 Å². The number of nitrogens with one attached hydrogen (secondary N) is 3. The molecule has 8 heteroatoms. The molecular formula is C22H27N3O5. The van der Waals surface area contributed by atoms with Crippen LogP contribution in [-0.4, -0.2) is 42.2 Å². The molecule has 0 aliphatic carbocycles. The maximum atomic E-state index is 12.7. The number of methoxy groups -OCH3 is 1. The van der Waals surface area contributed by atoms with Crippen LogP contribution in [0.3, 0.4) is 0 Å². The molecule has 0 spiro atoms. The minimum atomic E-state index is -1.14. The molecule has 0 heterocycles. The number of carboxylic acids is 1. The Kier molecular flexibility index (Phi) is 8.22. The van der Waals surface area contributed by atoms with Crippen LogP contribution >= 0.6 is 0 Å². The third kappa shape index (κ3) is 6.80. The zero-order chi connectivity index (χ0) is 22.1. The number of urea groups is 1. The van der Waals surface area contributed by atoms with Crippen molar-refractivity contribution in [3.63, 3.8) is 0 Å². The highest BCUT2D eigenvalue weighted by Crippen LogP contribution is 2.15. The van der Waals surface area contributed by atoms with Gasteiger partial charge in [0.25, 0.3) is 0 Å². The van der Waals surface area contributed by atoms with Crippen molar-refractivity contribution in [1.29, 1.82) is 0 Å². The molecule has 2 aromatic rings. The van der Waals surface area contributed by atoms with E-state index in [1.807, 2.05) is 6.07 Å². The molecule has 2 atom stereocenters. The molecule has 160 valence electrons. The van der Waals surface area contributed by atoms with E-state index in [2.05, 4.69) is 16.0 Å². The van der Waals surface area contributed by atoms with Crippen molar-refractivity contribution in [2.24, 2.45) is 5.92 Å². The van der Waals surface area contributed by atoms with Gasteiger partial charge in [-0.25, -0.2) is 9.59 Å². The van der Waals surface area contributed by atoms with Gasteiger partial charge in [0.2, 0.25) is 5.91 Å². The number of carbonyl (C=O) groups excluding carboxylic acids is 2. The molecule has 0 saturated carbocycles. The van der Waals surface area contributed by atoms with Crippen molar-refractivity contribution in [2.45, 2.75) is 32.4 Å². The highest BCUT2D eigenvalue weighted by Gasteiger charge is 2.28. The second-order valence-corrected chi connectivity index (χ2v) is 7.14. The molecule has 4 N–H and O–H groups in total. The van der Waals surface area contributed by atoms with Gasteiger partial charge in [0.15, 0.2) is 0 Å². The molecule has 0 saturated heterocycles. The number of hydrogen-bond donors (Lipinski definition) is 4. The summed E-state index contributed by atoms with van der Waals surface area (Å²) in [5, 5.41) is 17.3. The van der Waals surface area contributed by atoms with Crippen molar-refractivity contribution in [3.8, 4) is 5.75 Å². The fourth-order valence-electron chi connectivity index (χ4n) is 2.83. The average Bonchev–Trinajstić information content (AvgIpc) is 2.72. The van der Waals surface area contributed by atoms with Crippen LogP contribution < -0.4 is 20.7 Å². The van der Waals surface area contributed by atoms with Gasteiger partial charge in [-0.3, -0.25) is 4.79 Å². The topological polar surface area (TPSA) is 117 Å². The summed E-state index contributed by atoms with van der Waals surface area (Å²) < 4.78 is 5.07. The van der Waals surface area contributed by atoms with Gasteiger partial charge in [0, 0.05) is 12.1 Å². The lowest BCUT2D eigenvalue weighted by molar-refractivity contribution is -0.142. The minimum Gasteiger partial charge on any atom is -0.497 e. The van der Waals surface area contributed by atoms with E-state index in [4.69, 9.17) is 4.74 Å². The Morgan fingerprint density at radius 1 is 0.967 bits per heavy atom. The molecule has 0 aromatic heterocycles. The number of aliphatic carboxylic acids is 1. The lowest BCUT2D eigenvalue weighted by Crippen LogP contribution is -2.54. The fraction of sp³-hybridized carbons (Fsp3) is 0.318. The van der Waals surface area contributed by atoms with Crippen LogP contribution in [0.2, 0.25) is 0 Å². The summed E-state index contributed by atoms with van der Waals surface area (Å²) in [6.07, 6.45) is 0.144. The number of benzene rings is 2. The Morgan fingerprint density at radius 3 is 2.13 bits per heavy atom. The van der Waals surface area contributed by atoms with Crippen LogP contribution in [-0.2, 0) is 16.0 Å². The largest absolute Gasteiger partial charge is 0.497 e. The van der Waals surface area contributed by atoms with E-state index in [0.29, 0.717) is 11.4 Å². The lowest BCUT2D eigenvalue weighted by Gasteiger charge is -2.24. The molecule has 0 aliphatic heterocycles. The maximum absolute atomic E-state index is 12.7. The van der Waals surface area contributed by atoms with Gasteiger partial charge >= 0.3 is 12.0 Å². The number of carboxylic acid groups (broad SMARTS) is 1. The summed E-state index contributed by atoms with van der Waals surface area (Å²) in [5.74, 6) is -1.30. The van der Waals surface area contributed by atoms with E-state index in [0.717, 1.165) is 5.56 Å². The predicted molar refractivity (Wildman–Crippen MR) is 113 cm³/mol. The van der Waals surface area contributed by atoms with Gasteiger partial charge in [0.1, 0.15) is 17.8 Å². The van der Waals surface area contributed by atoms with E-state index < -0.39 is 30.0 Å². The summed E-state index contributed by atoms with van der Waals surface area (Å²) in [6, 6.07) is 13.2. The average molecular weight is 413 g/mol. The first-order chi connectivity index (χ1) is 14.3. The highest BCUT2D eigenvalue weighted by molar-refractivity contribution is 5.95. The van der Waals surface area contributed by atoms with Crippen molar-refractivity contribution in [3.05, 3.63) is 60.2 Å². The molecule has 8 nitrogen and oxygen atoms in total. The van der Waals surface area contributed by atoms with Crippen LogP contribution in [0, 0.1) is 5.92 Å². The molecule has 0 fully saturated rings. The minimum absolute atomic E-state index is 0.144. The molecule has 2 aromatic carbocycles. The zero-order valence-electron chi connectivity index (χ0n) is 17.2. The number of amides is 3. The van der Waals surface area contributed by atoms with Gasteiger partial charge in [-0.1, -0.05) is 44.2 Å². The van der Waals surface area contributed by atoms with E-state index in [9.17, 15) is 19.5 Å². The Morgan fingerprint density at radius 2 is 1.60 bits per heavy atom. The van der Waals surface area contributed by atoms with Gasteiger partial charge in [-0.05, 0) is 35.7 Å². The highest BCUT2D eigenvalue weighted by atomic mass is 16.5. The standard InChI is InChI=1S/C22H27N3O5/c1-14(2)19(25-22(29)23-16-9-11-17(30-3)12-10-16)20(26)24-18(21(27)28)13-15-7-5-4-6-8-15/h4-12,14,18-19H,13H2,1-3H3,(H,24,26)(H,27,28)(H2,23,25,29)/t18-,19-/m0/s1. The smallest absolute Gasteiger partial charge is 0.326 e. The van der Waals surface area contributed by atoms with Crippen molar-refractivity contribution < 1.29 is 24.2 Å². The van der Waals surface area contributed by atoms with Crippen LogP contribution in [0.25, 0.3) is 0 Å². The molecule has 3 amide bonds. The lowest BCUT2D eigenvalue weighted by atomic mass is 10.0. The number of ether oxygens (including phenoxy) is 1. The number of rotatable bonds is 9. The second-order valence-electron chi connectivity index (χ2n) is 7.14. The Balaban J connectivity index is 2.01. The summed E-state index contributed by atoms with van der Waals surface area (Å²) >= 11 is 0. The van der Waals surface area contributed by atoms with Crippen molar-refractivity contribution in [1.82, 2.24) is 10.6 Å². The normalized spacial score (nSPS) is 12.5. The second kappa shape index (κ2) is 10.8.